The molecule has 0 saturated heterocycles. The minimum Gasteiger partial charge on any atom is -0.0817 e. The summed E-state index contributed by atoms with van der Waals surface area (Å²) >= 11 is 0. The van der Waals surface area contributed by atoms with E-state index in [9.17, 15) is 0 Å². The molecule has 15 heavy (non-hydrogen) atoms. The number of rotatable bonds is 9. The third-order valence-electron chi connectivity index (χ3n) is 3.16. The van der Waals surface area contributed by atoms with Gasteiger partial charge in [-0.2, -0.15) is 0 Å². The fourth-order valence-electron chi connectivity index (χ4n) is 1.90. The first kappa shape index (κ1) is 14.7. The zero-order valence-electron chi connectivity index (χ0n) is 11.1. The molecule has 0 nitrogen and oxygen atoms in total. The van der Waals surface area contributed by atoms with Crippen molar-refractivity contribution in [2.24, 2.45) is 17.8 Å². The van der Waals surface area contributed by atoms with E-state index in [2.05, 4.69) is 27.7 Å². The van der Waals surface area contributed by atoms with Crippen molar-refractivity contribution in [1.29, 1.82) is 0 Å². The molecule has 0 N–H and O–H groups in total. The van der Waals surface area contributed by atoms with Crippen LogP contribution in [0.25, 0.3) is 0 Å². The molecule has 0 bridgehead atoms. The van der Waals surface area contributed by atoms with Crippen LogP contribution in [0.4, 0.5) is 0 Å². The molecule has 0 aromatic carbocycles. The highest BCUT2D eigenvalue weighted by atomic mass is 14.1. The smallest absolute Gasteiger partial charge is 0.0259 e. The van der Waals surface area contributed by atoms with Gasteiger partial charge in [-0.15, -0.1) is 0 Å². The summed E-state index contributed by atoms with van der Waals surface area (Å²) in [6.45, 7) is 14.7. The number of allylic oxidation sites excluding steroid dienone is 1. The van der Waals surface area contributed by atoms with Crippen LogP contribution in [0.5, 0.6) is 0 Å². The van der Waals surface area contributed by atoms with Gasteiger partial charge >= 0.3 is 0 Å². The van der Waals surface area contributed by atoms with Crippen molar-refractivity contribution in [3.05, 3.63) is 12.7 Å². The second kappa shape index (κ2) is 9.00. The Labute approximate surface area is 97.2 Å². The van der Waals surface area contributed by atoms with Crippen molar-refractivity contribution in [1.82, 2.24) is 0 Å². The van der Waals surface area contributed by atoms with E-state index < -0.39 is 0 Å². The minimum atomic E-state index is 0.591. The molecule has 0 aromatic rings. The largest absolute Gasteiger partial charge is 0.0817 e. The van der Waals surface area contributed by atoms with Gasteiger partial charge in [-0.1, -0.05) is 72.5 Å². The van der Waals surface area contributed by atoms with Crippen LogP contribution < -0.4 is 0 Å². The predicted octanol–water partition coefficient (Wildman–Crippen LogP) is 5.24. The van der Waals surface area contributed by atoms with E-state index in [0.717, 1.165) is 11.8 Å². The van der Waals surface area contributed by atoms with Crippen molar-refractivity contribution in [3.8, 4) is 0 Å². The quantitative estimate of drug-likeness (QED) is 0.487. The lowest BCUT2D eigenvalue weighted by atomic mass is 9.93. The van der Waals surface area contributed by atoms with Gasteiger partial charge in [-0.3, -0.25) is 0 Å². The predicted molar refractivity (Wildman–Crippen MR) is 69.7 cm³/mol. The third kappa shape index (κ3) is 10.0. The summed E-state index contributed by atoms with van der Waals surface area (Å²) in [4.78, 5) is 0. The van der Waals surface area contributed by atoms with Gasteiger partial charge in [0, 0.05) is 0 Å². The Bertz CT molecular complexity index is 146. The van der Waals surface area contributed by atoms with Crippen LogP contribution in [0.15, 0.2) is 6.08 Å². The molecule has 0 heteroatoms. The molecule has 0 aliphatic rings. The summed E-state index contributed by atoms with van der Waals surface area (Å²) in [6.07, 6.45) is 9.97. The van der Waals surface area contributed by atoms with E-state index in [-0.39, 0.29) is 0 Å². The fourth-order valence-corrected chi connectivity index (χ4v) is 1.90. The molecular formula is C15H29. The number of hydrogen-bond donors (Lipinski definition) is 0. The Morgan fingerprint density at radius 2 is 1.40 bits per heavy atom. The molecular weight excluding hydrogens is 180 g/mol. The molecule has 0 aromatic heterocycles. The van der Waals surface area contributed by atoms with Crippen molar-refractivity contribution >= 4 is 0 Å². The van der Waals surface area contributed by atoms with E-state index in [4.69, 9.17) is 6.58 Å². The SMILES string of the molecule is [CH]=CC(C)CCCC(C)CCCC(C)C. The van der Waals surface area contributed by atoms with Gasteiger partial charge in [0.2, 0.25) is 0 Å². The first-order chi connectivity index (χ1) is 7.06. The maximum atomic E-state index is 5.48. The maximum absolute atomic E-state index is 5.48. The van der Waals surface area contributed by atoms with Crippen LogP contribution >= 0.6 is 0 Å². The molecule has 89 valence electrons. The Kier molecular flexibility index (Phi) is 8.85. The molecule has 1 radical (unpaired) electrons. The van der Waals surface area contributed by atoms with Crippen molar-refractivity contribution in [3.63, 3.8) is 0 Å². The minimum absolute atomic E-state index is 0.591. The average molecular weight is 209 g/mol. The lowest BCUT2D eigenvalue weighted by Crippen LogP contribution is -1.98. The second-order valence-corrected chi connectivity index (χ2v) is 5.53. The van der Waals surface area contributed by atoms with Gasteiger partial charge in [0.1, 0.15) is 0 Å². The zero-order valence-corrected chi connectivity index (χ0v) is 11.1. The summed E-state index contributed by atoms with van der Waals surface area (Å²) < 4.78 is 0. The van der Waals surface area contributed by atoms with Gasteiger partial charge < -0.3 is 0 Å². The maximum Gasteiger partial charge on any atom is -0.0259 e. The average Bonchev–Trinajstić information content (AvgIpc) is 2.17. The first-order valence-corrected chi connectivity index (χ1v) is 6.61. The van der Waals surface area contributed by atoms with Gasteiger partial charge in [0.25, 0.3) is 0 Å². The Morgan fingerprint density at radius 1 is 0.867 bits per heavy atom. The second-order valence-electron chi connectivity index (χ2n) is 5.53. The Hall–Kier alpha value is -0.260. The molecule has 0 heterocycles. The summed E-state index contributed by atoms with van der Waals surface area (Å²) in [6, 6.07) is 0. The van der Waals surface area contributed by atoms with Crippen LogP contribution in [0, 0.1) is 24.3 Å². The fraction of sp³-hybridized carbons (Fsp3) is 0.867. The van der Waals surface area contributed by atoms with Crippen LogP contribution in [-0.2, 0) is 0 Å². The zero-order chi connectivity index (χ0) is 11.7. The van der Waals surface area contributed by atoms with E-state index in [1.807, 2.05) is 6.08 Å². The molecule has 0 aliphatic carbocycles. The van der Waals surface area contributed by atoms with E-state index in [0.29, 0.717) is 5.92 Å². The van der Waals surface area contributed by atoms with Gasteiger partial charge in [0.05, 0.1) is 0 Å². The standard InChI is InChI=1S/C15H29/c1-6-14(4)10-8-12-15(5)11-7-9-13(2)3/h1,6,13-15H,7-12H2,2-5H3. The number of hydrogen-bond acceptors (Lipinski definition) is 0. The first-order valence-electron chi connectivity index (χ1n) is 6.61. The molecule has 0 spiro atoms. The summed E-state index contributed by atoms with van der Waals surface area (Å²) in [5, 5.41) is 0. The lowest BCUT2D eigenvalue weighted by Gasteiger charge is -2.13. The Balaban J connectivity index is 3.33. The summed E-state index contributed by atoms with van der Waals surface area (Å²) in [5.74, 6) is 2.35. The van der Waals surface area contributed by atoms with Crippen LogP contribution in [0.3, 0.4) is 0 Å². The van der Waals surface area contributed by atoms with Gasteiger partial charge in [-0.05, 0) is 24.2 Å². The van der Waals surface area contributed by atoms with Crippen molar-refractivity contribution in [2.45, 2.75) is 66.2 Å². The van der Waals surface area contributed by atoms with Crippen molar-refractivity contribution in [2.75, 3.05) is 0 Å². The summed E-state index contributed by atoms with van der Waals surface area (Å²) in [7, 11) is 0. The molecule has 2 atom stereocenters. The van der Waals surface area contributed by atoms with Gasteiger partial charge in [0.15, 0.2) is 0 Å². The lowest BCUT2D eigenvalue weighted by molar-refractivity contribution is 0.413. The summed E-state index contributed by atoms with van der Waals surface area (Å²) in [5.41, 5.74) is 0. The highest BCUT2D eigenvalue weighted by molar-refractivity contribution is 4.72. The molecule has 0 aliphatic heterocycles. The highest BCUT2D eigenvalue weighted by Crippen LogP contribution is 2.19. The van der Waals surface area contributed by atoms with Crippen LogP contribution in [0.1, 0.15) is 66.2 Å². The highest BCUT2D eigenvalue weighted by Gasteiger charge is 2.04. The monoisotopic (exact) mass is 209 g/mol. The molecule has 0 fully saturated rings. The normalized spacial score (nSPS) is 15.3. The molecule has 0 amide bonds. The van der Waals surface area contributed by atoms with E-state index >= 15 is 0 Å². The van der Waals surface area contributed by atoms with E-state index in [1.165, 1.54) is 38.5 Å². The van der Waals surface area contributed by atoms with Crippen LogP contribution in [0.2, 0.25) is 0 Å². The van der Waals surface area contributed by atoms with Crippen molar-refractivity contribution < 1.29 is 0 Å². The topological polar surface area (TPSA) is 0 Å². The van der Waals surface area contributed by atoms with E-state index in [1.54, 1.807) is 0 Å². The van der Waals surface area contributed by atoms with Gasteiger partial charge in [-0.25, -0.2) is 0 Å². The Morgan fingerprint density at radius 3 is 1.87 bits per heavy atom. The third-order valence-corrected chi connectivity index (χ3v) is 3.16. The molecule has 0 rings (SSSR count). The molecule has 0 saturated carbocycles. The molecule has 2 unspecified atom stereocenters. The van der Waals surface area contributed by atoms with Crippen LogP contribution in [-0.4, -0.2) is 0 Å².